The number of rotatable bonds is 3. The lowest BCUT2D eigenvalue weighted by Crippen LogP contribution is -2.27. The fourth-order valence-electron chi connectivity index (χ4n) is 7.87. The lowest BCUT2D eigenvalue weighted by molar-refractivity contribution is 0.262. The molecule has 0 amide bonds. The predicted molar refractivity (Wildman–Crippen MR) is 165 cm³/mol. The highest BCUT2D eigenvalue weighted by Crippen LogP contribution is 2.53. The van der Waals surface area contributed by atoms with Crippen LogP contribution in [0.4, 0.5) is 0 Å². The Morgan fingerprint density at radius 1 is 0.700 bits per heavy atom. The van der Waals surface area contributed by atoms with Gasteiger partial charge < -0.3 is 4.42 Å². The third-order valence-electron chi connectivity index (χ3n) is 9.86. The summed E-state index contributed by atoms with van der Waals surface area (Å²) in [5.74, 6) is 2.11. The summed E-state index contributed by atoms with van der Waals surface area (Å²) in [6.07, 6.45) is 11.0. The van der Waals surface area contributed by atoms with Crippen molar-refractivity contribution >= 4 is 27.7 Å². The highest BCUT2D eigenvalue weighted by molar-refractivity contribution is 6.05. The van der Waals surface area contributed by atoms with E-state index in [0.717, 1.165) is 29.9 Å². The molecule has 0 radical (unpaired) electrons. The molecule has 198 valence electrons. The van der Waals surface area contributed by atoms with Crippen molar-refractivity contribution in [1.82, 2.24) is 0 Å². The van der Waals surface area contributed by atoms with Crippen LogP contribution in [0.3, 0.4) is 0 Å². The van der Waals surface area contributed by atoms with Gasteiger partial charge in [-0.1, -0.05) is 97.8 Å². The number of hydrogen-bond donors (Lipinski definition) is 0. The van der Waals surface area contributed by atoms with Crippen LogP contribution in [0, 0.1) is 5.92 Å². The Kier molecular flexibility index (Phi) is 5.94. The zero-order valence-electron chi connectivity index (χ0n) is 22.9. The summed E-state index contributed by atoms with van der Waals surface area (Å²) in [5.41, 5.74) is 10.2. The van der Waals surface area contributed by atoms with Gasteiger partial charge in [0.05, 0.1) is 0 Å². The van der Waals surface area contributed by atoms with Crippen LogP contribution in [-0.2, 0) is 0 Å². The topological polar surface area (TPSA) is 25.5 Å². The molecule has 4 unspecified atom stereocenters. The fraction of sp³-hybridized carbons (Fsp3) is 0.289. The maximum Gasteiger partial charge on any atom is 0.135 e. The summed E-state index contributed by atoms with van der Waals surface area (Å²) in [6.45, 7) is 0. The molecular weight excluding hydrogens is 486 g/mol. The molecular formula is C38H35NO. The van der Waals surface area contributed by atoms with Gasteiger partial charge in [0, 0.05) is 28.1 Å². The predicted octanol–water partition coefficient (Wildman–Crippen LogP) is 10.3. The Balaban J connectivity index is 1.29. The molecule has 1 aliphatic heterocycles. The number of fused-ring (bicyclic) bond motifs is 6. The van der Waals surface area contributed by atoms with Gasteiger partial charge in [0.1, 0.15) is 11.2 Å². The third kappa shape index (κ3) is 4.13. The Morgan fingerprint density at radius 3 is 2.35 bits per heavy atom. The van der Waals surface area contributed by atoms with E-state index in [0.29, 0.717) is 17.8 Å². The number of benzene rings is 4. The van der Waals surface area contributed by atoms with Crippen molar-refractivity contribution in [3.63, 3.8) is 0 Å². The van der Waals surface area contributed by atoms with Crippen molar-refractivity contribution in [3.8, 4) is 0 Å². The van der Waals surface area contributed by atoms with Crippen LogP contribution in [0.25, 0.3) is 21.9 Å². The first-order chi connectivity index (χ1) is 19.8. The van der Waals surface area contributed by atoms with Crippen LogP contribution in [-0.4, -0.2) is 5.71 Å². The zero-order valence-corrected chi connectivity index (χ0v) is 22.9. The van der Waals surface area contributed by atoms with Crippen LogP contribution in [0.5, 0.6) is 0 Å². The van der Waals surface area contributed by atoms with Gasteiger partial charge in [0.25, 0.3) is 0 Å². The first kappa shape index (κ1) is 23.9. The molecule has 1 fully saturated rings. The second-order valence-electron chi connectivity index (χ2n) is 12.1. The van der Waals surface area contributed by atoms with Gasteiger partial charge in [-0.2, -0.15) is 0 Å². The molecule has 8 rings (SSSR count). The van der Waals surface area contributed by atoms with Gasteiger partial charge in [0.15, 0.2) is 0 Å². The van der Waals surface area contributed by atoms with Crippen molar-refractivity contribution in [3.05, 3.63) is 131 Å². The summed E-state index contributed by atoms with van der Waals surface area (Å²) in [7, 11) is 0. The van der Waals surface area contributed by atoms with Gasteiger partial charge >= 0.3 is 0 Å². The molecule has 2 nitrogen and oxygen atoms in total. The second-order valence-corrected chi connectivity index (χ2v) is 12.1. The summed E-state index contributed by atoms with van der Waals surface area (Å²) in [4.78, 5) is 5.57. The lowest BCUT2D eigenvalue weighted by Gasteiger charge is -2.41. The minimum absolute atomic E-state index is 0.320. The van der Waals surface area contributed by atoms with Crippen LogP contribution in [0.2, 0.25) is 0 Å². The maximum absolute atomic E-state index is 6.39. The molecule has 1 aromatic heterocycles. The van der Waals surface area contributed by atoms with E-state index in [4.69, 9.17) is 9.41 Å². The summed E-state index contributed by atoms with van der Waals surface area (Å²) in [5, 5.41) is 2.47. The molecule has 5 aromatic rings. The number of aliphatic imine (C=N–C) groups is 1. The van der Waals surface area contributed by atoms with Crippen LogP contribution in [0.1, 0.15) is 85.0 Å². The average molecular weight is 522 g/mol. The lowest BCUT2D eigenvalue weighted by atomic mass is 9.64. The highest BCUT2D eigenvalue weighted by atomic mass is 16.3. The Labute approximate surface area is 236 Å². The van der Waals surface area contributed by atoms with Crippen LogP contribution < -0.4 is 0 Å². The minimum Gasteiger partial charge on any atom is -0.456 e. The van der Waals surface area contributed by atoms with Gasteiger partial charge in [-0.05, 0) is 90.3 Å². The van der Waals surface area contributed by atoms with Gasteiger partial charge in [-0.3, -0.25) is 4.99 Å². The Hall–Kier alpha value is -3.91. The van der Waals surface area contributed by atoms with E-state index < -0.39 is 0 Å². The van der Waals surface area contributed by atoms with E-state index in [9.17, 15) is 0 Å². The zero-order chi connectivity index (χ0) is 26.5. The Bertz CT molecular complexity index is 1740. The molecule has 0 N–H and O–H groups in total. The van der Waals surface area contributed by atoms with Crippen molar-refractivity contribution < 1.29 is 4.42 Å². The van der Waals surface area contributed by atoms with Crippen LogP contribution >= 0.6 is 0 Å². The standard InChI is InChI=1S/C38H35NO/c1-3-11-25(12-4-1)27-19-20-35(39-36(22-27)26-13-5-2-6-14-26)33-21-28-15-7-8-16-29(28)32-24-38-34(23-31(32)33)30-17-9-10-18-37(30)40-38/h1-6,9-14,17-18,20,23-24,27-29,33H,7-8,15-16,19,21-22H2. The van der Waals surface area contributed by atoms with Gasteiger partial charge in [-0.15, -0.1) is 0 Å². The quantitative estimate of drug-likeness (QED) is 0.232. The maximum atomic E-state index is 6.39. The van der Waals surface area contributed by atoms with Gasteiger partial charge in [0.2, 0.25) is 0 Å². The number of hydrogen-bond acceptors (Lipinski definition) is 2. The molecule has 4 atom stereocenters. The SMILES string of the molecule is C1=C(C2CC3CCCCC3c3cc4oc5ccccc5c4cc32)N=C(c2ccccc2)CC(c2ccccc2)C1. The second kappa shape index (κ2) is 9.93. The molecule has 2 heterocycles. The molecule has 0 saturated heterocycles. The molecule has 2 heteroatoms. The van der Waals surface area contributed by atoms with E-state index in [2.05, 4.69) is 103 Å². The minimum atomic E-state index is 0.320. The van der Waals surface area contributed by atoms with Crippen molar-refractivity contribution in [1.29, 1.82) is 0 Å². The van der Waals surface area contributed by atoms with Gasteiger partial charge in [-0.25, -0.2) is 0 Å². The van der Waals surface area contributed by atoms with E-state index in [1.54, 1.807) is 0 Å². The summed E-state index contributed by atoms with van der Waals surface area (Å²) < 4.78 is 6.39. The smallest absolute Gasteiger partial charge is 0.135 e. The molecule has 4 aromatic carbocycles. The van der Waals surface area contributed by atoms with Crippen molar-refractivity contribution in [2.24, 2.45) is 10.9 Å². The van der Waals surface area contributed by atoms with E-state index in [-0.39, 0.29) is 0 Å². The van der Waals surface area contributed by atoms with Crippen molar-refractivity contribution in [2.75, 3.05) is 0 Å². The normalized spacial score (nSPS) is 24.6. The summed E-state index contributed by atoms with van der Waals surface area (Å²) in [6, 6.07) is 35.3. The fourth-order valence-corrected chi connectivity index (χ4v) is 7.87. The largest absolute Gasteiger partial charge is 0.456 e. The molecule has 0 bridgehead atoms. The molecule has 0 spiro atoms. The molecule has 3 aliphatic rings. The van der Waals surface area contributed by atoms with E-state index >= 15 is 0 Å². The average Bonchev–Trinajstić information content (AvgIpc) is 3.23. The first-order valence-electron chi connectivity index (χ1n) is 15.1. The monoisotopic (exact) mass is 521 g/mol. The van der Waals surface area contributed by atoms with Crippen LogP contribution in [0.15, 0.2) is 118 Å². The number of allylic oxidation sites excluding steroid dienone is 2. The third-order valence-corrected chi connectivity index (χ3v) is 9.86. The number of furan rings is 1. The molecule has 2 aliphatic carbocycles. The van der Waals surface area contributed by atoms with Crippen molar-refractivity contribution in [2.45, 2.75) is 62.7 Å². The molecule has 40 heavy (non-hydrogen) atoms. The Morgan fingerprint density at radius 2 is 1.48 bits per heavy atom. The first-order valence-corrected chi connectivity index (χ1v) is 15.1. The van der Waals surface area contributed by atoms with E-state index in [1.165, 1.54) is 76.5 Å². The highest BCUT2D eigenvalue weighted by Gasteiger charge is 2.39. The summed E-state index contributed by atoms with van der Waals surface area (Å²) >= 11 is 0. The number of nitrogens with zero attached hydrogens (tertiary/aromatic N) is 1. The molecule has 1 saturated carbocycles. The number of para-hydroxylation sites is 1. The van der Waals surface area contributed by atoms with E-state index in [1.807, 2.05) is 0 Å².